The zero-order valence-electron chi connectivity index (χ0n) is 10.5. The molecule has 2 N–H and O–H groups in total. The van der Waals surface area contributed by atoms with Crippen molar-refractivity contribution in [2.24, 2.45) is 0 Å². The molecule has 0 saturated heterocycles. The number of carboxylic acids is 1. The molecular weight excluding hydrogens is 276 g/mol. The summed E-state index contributed by atoms with van der Waals surface area (Å²) in [5.74, 6) is -1.01. The van der Waals surface area contributed by atoms with Crippen LogP contribution in [0.1, 0.15) is 10.5 Å². The third kappa shape index (κ3) is 2.48. The molecule has 0 saturated carbocycles. The Morgan fingerprint density at radius 1 is 1.40 bits per heavy atom. The van der Waals surface area contributed by atoms with E-state index in [-0.39, 0.29) is 5.69 Å². The van der Waals surface area contributed by atoms with Crippen LogP contribution in [0.3, 0.4) is 0 Å². The second-order valence-electron chi connectivity index (χ2n) is 4.26. The summed E-state index contributed by atoms with van der Waals surface area (Å²) in [6.45, 7) is 1.33. The first-order valence-corrected chi connectivity index (χ1v) is 6.85. The van der Waals surface area contributed by atoms with E-state index in [9.17, 15) is 4.79 Å². The van der Waals surface area contributed by atoms with Gasteiger partial charge in [-0.05, 0) is 23.7 Å². The average Bonchev–Trinajstić information content (AvgIpc) is 3.06. The standard InChI is InChI=1S/C13H12N4O2S/c18-13(19)11-7-17(8-15-11)6-5-14-12-9-3-1-2-4-10(9)16-20-12/h1-4,7-8,14H,5-6H2,(H,18,19). The van der Waals surface area contributed by atoms with Crippen molar-refractivity contribution in [3.05, 3.63) is 42.5 Å². The maximum Gasteiger partial charge on any atom is 0.356 e. The molecule has 0 aliphatic rings. The normalized spacial score (nSPS) is 10.8. The molecule has 6 nitrogen and oxygen atoms in total. The quantitative estimate of drug-likeness (QED) is 0.753. The lowest BCUT2D eigenvalue weighted by atomic mass is 10.2. The number of nitrogens with one attached hydrogen (secondary N) is 1. The zero-order chi connectivity index (χ0) is 13.9. The Labute approximate surface area is 118 Å². The number of carboxylic acid groups (broad SMARTS) is 1. The Morgan fingerprint density at radius 2 is 2.25 bits per heavy atom. The molecule has 0 atom stereocenters. The molecule has 20 heavy (non-hydrogen) atoms. The highest BCUT2D eigenvalue weighted by Gasteiger charge is 2.07. The second-order valence-corrected chi connectivity index (χ2v) is 5.03. The second kappa shape index (κ2) is 5.30. The van der Waals surface area contributed by atoms with Gasteiger partial charge in [0.15, 0.2) is 5.69 Å². The smallest absolute Gasteiger partial charge is 0.356 e. The Kier molecular flexibility index (Phi) is 3.34. The molecule has 0 amide bonds. The van der Waals surface area contributed by atoms with Crippen molar-refractivity contribution in [2.45, 2.75) is 6.54 Å². The molecule has 102 valence electrons. The minimum atomic E-state index is -1.01. The van der Waals surface area contributed by atoms with Crippen LogP contribution in [0.5, 0.6) is 0 Å². The number of rotatable bonds is 5. The Morgan fingerprint density at radius 3 is 3.05 bits per heavy atom. The summed E-state index contributed by atoms with van der Waals surface area (Å²) in [5.41, 5.74) is 1.05. The van der Waals surface area contributed by atoms with Crippen molar-refractivity contribution in [1.82, 2.24) is 13.9 Å². The van der Waals surface area contributed by atoms with Gasteiger partial charge in [-0.15, -0.1) is 0 Å². The van der Waals surface area contributed by atoms with Gasteiger partial charge < -0.3 is 15.0 Å². The summed E-state index contributed by atoms with van der Waals surface area (Å²) >= 11 is 1.43. The predicted octanol–water partition coefficient (Wildman–Crippen LogP) is 2.30. The minimum Gasteiger partial charge on any atom is -0.476 e. The van der Waals surface area contributed by atoms with E-state index in [1.165, 1.54) is 24.1 Å². The molecule has 3 aromatic rings. The summed E-state index contributed by atoms with van der Waals surface area (Å²) in [7, 11) is 0. The maximum absolute atomic E-state index is 10.7. The lowest BCUT2D eigenvalue weighted by Gasteiger charge is -2.04. The van der Waals surface area contributed by atoms with E-state index >= 15 is 0 Å². The highest BCUT2D eigenvalue weighted by atomic mass is 32.1. The molecule has 0 radical (unpaired) electrons. The molecule has 0 unspecified atom stereocenters. The van der Waals surface area contributed by atoms with Gasteiger partial charge in [-0.25, -0.2) is 9.78 Å². The highest BCUT2D eigenvalue weighted by Crippen LogP contribution is 2.26. The first-order valence-electron chi connectivity index (χ1n) is 6.07. The number of aromatic nitrogens is 3. The fourth-order valence-corrected chi connectivity index (χ4v) is 2.69. The van der Waals surface area contributed by atoms with E-state index in [1.807, 2.05) is 24.3 Å². The van der Waals surface area contributed by atoms with Gasteiger partial charge in [0.2, 0.25) is 0 Å². The number of hydrogen-bond acceptors (Lipinski definition) is 5. The van der Waals surface area contributed by atoms with Crippen LogP contribution in [0.2, 0.25) is 0 Å². The van der Waals surface area contributed by atoms with Crippen molar-refractivity contribution < 1.29 is 9.90 Å². The van der Waals surface area contributed by atoms with E-state index in [2.05, 4.69) is 14.7 Å². The van der Waals surface area contributed by atoms with Gasteiger partial charge in [-0.3, -0.25) is 0 Å². The number of hydrogen-bond donors (Lipinski definition) is 2. The van der Waals surface area contributed by atoms with Gasteiger partial charge >= 0.3 is 5.97 Å². The van der Waals surface area contributed by atoms with E-state index in [4.69, 9.17) is 5.11 Å². The van der Waals surface area contributed by atoms with Gasteiger partial charge in [-0.2, -0.15) is 4.37 Å². The average molecular weight is 288 g/mol. The molecule has 2 heterocycles. The van der Waals surface area contributed by atoms with Crippen molar-refractivity contribution in [1.29, 1.82) is 0 Å². The van der Waals surface area contributed by atoms with Crippen LogP contribution >= 0.6 is 11.5 Å². The van der Waals surface area contributed by atoms with Crippen molar-refractivity contribution >= 4 is 33.4 Å². The number of imidazole rings is 1. The lowest BCUT2D eigenvalue weighted by Crippen LogP contribution is -2.08. The highest BCUT2D eigenvalue weighted by molar-refractivity contribution is 7.11. The summed E-state index contributed by atoms with van der Waals surface area (Å²) in [6, 6.07) is 7.95. The molecule has 0 aliphatic carbocycles. The molecule has 2 aromatic heterocycles. The van der Waals surface area contributed by atoms with E-state index in [1.54, 1.807) is 4.57 Å². The number of benzene rings is 1. The van der Waals surface area contributed by atoms with Gasteiger partial charge in [0.05, 0.1) is 11.8 Å². The maximum atomic E-state index is 10.7. The monoisotopic (exact) mass is 288 g/mol. The molecule has 7 heteroatoms. The van der Waals surface area contributed by atoms with Gasteiger partial charge in [0, 0.05) is 24.7 Å². The van der Waals surface area contributed by atoms with Crippen molar-refractivity contribution in [3.63, 3.8) is 0 Å². The van der Waals surface area contributed by atoms with Crippen LogP contribution in [-0.2, 0) is 6.54 Å². The molecule has 0 spiro atoms. The third-order valence-corrected chi connectivity index (χ3v) is 3.73. The fraction of sp³-hybridized carbons (Fsp3) is 0.154. The largest absolute Gasteiger partial charge is 0.476 e. The first kappa shape index (κ1) is 12.6. The molecule has 1 aromatic carbocycles. The fourth-order valence-electron chi connectivity index (χ4n) is 1.91. The van der Waals surface area contributed by atoms with Crippen molar-refractivity contribution in [2.75, 3.05) is 11.9 Å². The van der Waals surface area contributed by atoms with Crippen LogP contribution in [0.4, 0.5) is 5.00 Å². The van der Waals surface area contributed by atoms with Crippen LogP contribution in [-0.4, -0.2) is 31.5 Å². The zero-order valence-corrected chi connectivity index (χ0v) is 11.3. The van der Waals surface area contributed by atoms with Crippen LogP contribution < -0.4 is 5.32 Å². The van der Waals surface area contributed by atoms with E-state index in [0.717, 1.165) is 15.9 Å². The van der Waals surface area contributed by atoms with Gasteiger partial charge in [0.1, 0.15) is 5.00 Å². The Bertz CT molecular complexity index is 750. The minimum absolute atomic E-state index is 0.0632. The van der Waals surface area contributed by atoms with Gasteiger partial charge in [-0.1, -0.05) is 12.1 Å². The third-order valence-electron chi connectivity index (χ3n) is 2.89. The molecule has 0 fully saturated rings. The first-order chi connectivity index (χ1) is 9.74. The van der Waals surface area contributed by atoms with Crippen LogP contribution in [0, 0.1) is 0 Å². The summed E-state index contributed by atoms with van der Waals surface area (Å²) in [5, 5.41) is 14.2. The summed E-state index contributed by atoms with van der Waals surface area (Å²) in [4.78, 5) is 14.5. The molecule has 0 aliphatic heterocycles. The number of carbonyl (C=O) groups is 1. The van der Waals surface area contributed by atoms with Crippen molar-refractivity contribution in [3.8, 4) is 0 Å². The van der Waals surface area contributed by atoms with Crippen LogP contribution in [0.15, 0.2) is 36.8 Å². The Hall–Kier alpha value is -2.41. The SMILES string of the molecule is O=C(O)c1cn(CCNc2snc3ccccc23)cn1. The molecular formula is C13H12N4O2S. The summed E-state index contributed by atoms with van der Waals surface area (Å²) < 4.78 is 6.10. The summed E-state index contributed by atoms with van der Waals surface area (Å²) in [6.07, 6.45) is 3.05. The number of aromatic carboxylic acids is 1. The van der Waals surface area contributed by atoms with E-state index in [0.29, 0.717) is 13.1 Å². The number of nitrogens with zero attached hydrogens (tertiary/aromatic N) is 3. The number of fused-ring (bicyclic) bond motifs is 1. The molecule has 0 bridgehead atoms. The Balaban J connectivity index is 1.63. The topological polar surface area (TPSA) is 80.0 Å². The molecule has 3 rings (SSSR count). The van der Waals surface area contributed by atoms with Gasteiger partial charge in [0.25, 0.3) is 0 Å². The lowest BCUT2D eigenvalue weighted by molar-refractivity contribution is 0.0691. The predicted molar refractivity (Wildman–Crippen MR) is 77.3 cm³/mol. The van der Waals surface area contributed by atoms with E-state index < -0.39 is 5.97 Å². The van der Waals surface area contributed by atoms with Crippen LogP contribution in [0.25, 0.3) is 10.9 Å². The number of anilines is 1.